The Hall–Kier alpha value is -2.80. The van der Waals surface area contributed by atoms with Gasteiger partial charge in [0.1, 0.15) is 0 Å². The molecule has 3 heterocycles. The molecule has 7 nitrogen and oxygen atoms in total. The second-order valence-electron chi connectivity index (χ2n) is 8.74. The topological polar surface area (TPSA) is 64.3 Å². The van der Waals surface area contributed by atoms with Gasteiger partial charge in [-0.25, -0.2) is 0 Å². The van der Waals surface area contributed by atoms with E-state index in [1.54, 1.807) is 18.4 Å². The number of nitrogens with zero attached hydrogens (tertiary/aromatic N) is 4. The van der Waals surface area contributed by atoms with Crippen molar-refractivity contribution in [2.24, 2.45) is 4.99 Å². The Kier molecular flexibility index (Phi) is 7.47. The molecule has 0 spiro atoms. The first kappa shape index (κ1) is 22.4. The van der Waals surface area contributed by atoms with Crippen LogP contribution >= 0.6 is 0 Å². The van der Waals surface area contributed by atoms with Crippen LogP contribution in [-0.2, 0) is 13.1 Å². The van der Waals surface area contributed by atoms with E-state index in [-0.39, 0.29) is 5.91 Å². The van der Waals surface area contributed by atoms with Crippen LogP contribution in [0.3, 0.4) is 0 Å². The first-order valence-corrected chi connectivity index (χ1v) is 11.7. The summed E-state index contributed by atoms with van der Waals surface area (Å²) in [5, 5.41) is 3.55. The lowest BCUT2D eigenvalue weighted by Gasteiger charge is -2.36. The van der Waals surface area contributed by atoms with Gasteiger partial charge >= 0.3 is 0 Å². The maximum atomic E-state index is 12.5. The molecule has 1 amide bonds. The van der Waals surface area contributed by atoms with Crippen LogP contribution in [-0.4, -0.2) is 72.4 Å². The van der Waals surface area contributed by atoms with Crippen LogP contribution in [0.25, 0.3) is 0 Å². The zero-order chi connectivity index (χ0) is 22.3. The fourth-order valence-corrected chi connectivity index (χ4v) is 4.68. The molecule has 0 radical (unpaired) electrons. The molecule has 2 aromatic rings. The van der Waals surface area contributed by atoms with Crippen LogP contribution in [0.2, 0.25) is 0 Å². The SMILES string of the molecule is CN=C(NCc1ccccc1CN1CCCCC1C)N1CCN(C(=O)c2ccco2)CC1. The van der Waals surface area contributed by atoms with Gasteiger partial charge in [-0.3, -0.25) is 14.7 Å². The van der Waals surface area contributed by atoms with Crippen molar-refractivity contribution < 1.29 is 9.21 Å². The lowest BCUT2D eigenvalue weighted by Crippen LogP contribution is -2.53. The summed E-state index contributed by atoms with van der Waals surface area (Å²) in [5.41, 5.74) is 2.70. The Labute approximate surface area is 191 Å². The van der Waals surface area contributed by atoms with E-state index in [1.165, 1.54) is 36.9 Å². The second-order valence-corrected chi connectivity index (χ2v) is 8.74. The lowest BCUT2D eigenvalue weighted by atomic mass is 10.0. The van der Waals surface area contributed by atoms with E-state index in [0.29, 0.717) is 24.9 Å². The van der Waals surface area contributed by atoms with Gasteiger partial charge in [-0.15, -0.1) is 0 Å². The molecular formula is C25H35N5O2. The minimum atomic E-state index is -0.0431. The summed E-state index contributed by atoms with van der Waals surface area (Å²) in [6, 6.07) is 12.8. The van der Waals surface area contributed by atoms with Crippen molar-refractivity contribution in [1.82, 2.24) is 20.0 Å². The predicted molar refractivity (Wildman–Crippen MR) is 127 cm³/mol. The molecule has 172 valence electrons. The number of hydrogen-bond donors (Lipinski definition) is 1. The van der Waals surface area contributed by atoms with Crippen LogP contribution in [0.1, 0.15) is 47.9 Å². The summed E-state index contributed by atoms with van der Waals surface area (Å²) in [4.78, 5) is 23.7. The maximum absolute atomic E-state index is 12.5. The van der Waals surface area contributed by atoms with Crippen molar-refractivity contribution in [2.45, 2.75) is 45.3 Å². The molecule has 1 N–H and O–H groups in total. The molecule has 0 saturated carbocycles. The van der Waals surface area contributed by atoms with Gasteiger partial charge in [-0.05, 0) is 49.6 Å². The summed E-state index contributed by atoms with van der Waals surface area (Å²) in [6.07, 6.45) is 5.48. The number of likely N-dealkylation sites (tertiary alicyclic amines) is 1. The minimum absolute atomic E-state index is 0.0431. The van der Waals surface area contributed by atoms with Gasteiger partial charge in [0.05, 0.1) is 6.26 Å². The van der Waals surface area contributed by atoms with Gasteiger partial charge in [-0.2, -0.15) is 0 Å². The number of piperazine rings is 1. The fourth-order valence-electron chi connectivity index (χ4n) is 4.68. The van der Waals surface area contributed by atoms with Gasteiger partial charge < -0.3 is 19.5 Å². The van der Waals surface area contributed by atoms with Crippen molar-refractivity contribution in [3.05, 3.63) is 59.5 Å². The highest BCUT2D eigenvalue weighted by Crippen LogP contribution is 2.21. The van der Waals surface area contributed by atoms with Gasteiger partial charge in [-0.1, -0.05) is 30.7 Å². The minimum Gasteiger partial charge on any atom is -0.459 e. The number of aliphatic imine (C=N–C) groups is 1. The van der Waals surface area contributed by atoms with E-state index in [2.05, 4.69) is 51.3 Å². The van der Waals surface area contributed by atoms with E-state index in [4.69, 9.17) is 4.42 Å². The molecule has 1 aromatic carbocycles. The number of amides is 1. The first-order valence-electron chi connectivity index (χ1n) is 11.7. The van der Waals surface area contributed by atoms with E-state index < -0.39 is 0 Å². The molecular weight excluding hydrogens is 402 g/mol. The molecule has 2 fully saturated rings. The number of rotatable bonds is 5. The third-order valence-corrected chi connectivity index (χ3v) is 6.68. The smallest absolute Gasteiger partial charge is 0.289 e. The molecule has 2 saturated heterocycles. The molecule has 0 aliphatic carbocycles. The third-order valence-electron chi connectivity index (χ3n) is 6.68. The zero-order valence-corrected chi connectivity index (χ0v) is 19.3. The molecule has 2 aliphatic rings. The number of carbonyl (C=O) groups excluding carboxylic acids is 1. The lowest BCUT2D eigenvalue weighted by molar-refractivity contribution is 0.0657. The van der Waals surface area contributed by atoms with E-state index in [1.807, 2.05) is 11.9 Å². The fraction of sp³-hybridized carbons (Fsp3) is 0.520. The zero-order valence-electron chi connectivity index (χ0n) is 19.3. The Balaban J connectivity index is 1.32. The summed E-state index contributed by atoms with van der Waals surface area (Å²) in [5.74, 6) is 1.25. The van der Waals surface area contributed by atoms with Gasteiger partial charge in [0, 0.05) is 52.4 Å². The van der Waals surface area contributed by atoms with Crippen LogP contribution in [0.15, 0.2) is 52.1 Å². The summed E-state index contributed by atoms with van der Waals surface area (Å²) in [6.45, 7) is 8.09. The van der Waals surface area contributed by atoms with Crippen LogP contribution < -0.4 is 5.32 Å². The Morgan fingerprint density at radius 2 is 1.78 bits per heavy atom. The average molecular weight is 438 g/mol. The van der Waals surface area contributed by atoms with Crippen molar-refractivity contribution in [1.29, 1.82) is 0 Å². The number of nitrogens with one attached hydrogen (secondary N) is 1. The van der Waals surface area contributed by atoms with E-state index in [0.717, 1.165) is 32.1 Å². The molecule has 0 bridgehead atoms. The highest BCUT2D eigenvalue weighted by Gasteiger charge is 2.25. The number of furan rings is 1. The number of piperidine rings is 1. The number of guanidine groups is 1. The Morgan fingerprint density at radius 3 is 2.47 bits per heavy atom. The van der Waals surface area contributed by atoms with Crippen molar-refractivity contribution in [3.8, 4) is 0 Å². The van der Waals surface area contributed by atoms with E-state index >= 15 is 0 Å². The highest BCUT2D eigenvalue weighted by atomic mass is 16.3. The molecule has 4 rings (SSSR count). The molecule has 1 atom stereocenters. The Morgan fingerprint density at radius 1 is 1.03 bits per heavy atom. The monoisotopic (exact) mass is 437 g/mol. The average Bonchev–Trinajstić information content (AvgIpc) is 3.37. The van der Waals surface area contributed by atoms with Crippen LogP contribution in [0, 0.1) is 0 Å². The summed E-state index contributed by atoms with van der Waals surface area (Å²) in [7, 11) is 1.82. The predicted octanol–water partition coefficient (Wildman–Crippen LogP) is 3.19. The van der Waals surface area contributed by atoms with E-state index in [9.17, 15) is 4.79 Å². The maximum Gasteiger partial charge on any atom is 0.289 e. The molecule has 1 aromatic heterocycles. The number of hydrogen-bond acceptors (Lipinski definition) is 4. The Bertz CT molecular complexity index is 903. The summed E-state index contributed by atoms with van der Waals surface area (Å²) >= 11 is 0. The van der Waals surface area contributed by atoms with Crippen molar-refractivity contribution in [3.63, 3.8) is 0 Å². The summed E-state index contributed by atoms with van der Waals surface area (Å²) < 4.78 is 5.26. The highest BCUT2D eigenvalue weighted by molar-refractivity contribution is 5.91. The van der Waals surface area contributed by atoms with Crippen molar-refractivity contribution >= 4 is 11.9 Å². The standard InChI is InChI=1S/C25H35N5O2/c1-20-8-5-6-12-30(20)19-22-10-4-3-9-21(22)18-27-25(26-2)29-15-13-28(14-16-29)24(31)23-11-7-17-32-23/h3-4,7,9-11,17,20H,5-6,8,12-16,18-19H2,1-2H3,(H,26,27). The van der Waals surface area contributed by atoms with Gasteiger partial charge in [0.15, 0.2) is 11.7 Å². The van der Waals surface area contributed by atoms with Crippen LogP contribution in [0.4, 0.5) is 0 Å². The number of carbonyl (C=O) groups is 1. The largest absolute Gasteiger partial charge is 0.459 e. The third kappa shape index (κ3) is 5.33. The van der Waals surface area contributed by atoms with Crippen LogP contribution in [0.5, 0.6) is 0 Å². The second kappa shape index (κ2) is 10.7. The molecule has 2 aliphatic heterocycles. The normalized spacial score (nSPS) is 20.4. The molecule has 32 heavy (non-hydrogen) atoms. The van der Waals surface area contributed by atoms with Gasteiger partial charge in [0.25, 0.3) is 5.91 Å². The molecule has 7 heteroatoms. The van der Waals surface area contributed by atoms with Gasteiger partial charge in [0.2, 0.25) is 0 Å². The number of benzene rings is 1. The molecule has 1 unspecified atom stereocenters. The quantitative estimate of drug-likeness (QED) is 0.575. The first-order chi connectivity index (χ1) is 15.7. The van der Waals surface area contributed by atoms with Crippen molar-refractivity contribution in [2.75, 3.05) is 39.8 Å².